The fraction of sp³-hybridized carbons (Fsp3) is 0.667. The molecular weight excluding hydrogens is 446 g/mol. The maximum Gasteiger partial charge on any atom is 0.326 e. The number of carbonyl (C=O) groups excluding carboxylic acids is 4. The molecule has 13 nitrogen and oxygen atoms in total. The van der Waals surface area contributed by atoms with Gasteiger partial charge in [-0.05, 0) is 12.3 Å². The smallest absolute Gasteiger partial charge is 0.326 e. The molecule has 0 aliphatic heterocycles. The van der Waals surface area contributed by atoms with Crippen molar-refractivity contribution in [3.8, 4) is 0 Å². The highest BCUT2D eigenvalue weighted by Crippen LogP contribution is 2.10. The van der Waals surface area contributed by atoms with Crippen molar-refractivity contribution < 1.29 is 39.0 Å². The van der Waals surface area contributed by atoms with E-state index in [0.29, 0.717) is 6.42 Å². The van der Waals surface area contributed by atoms with E-state index in [9.17, 15) is 33.9 Å². The van der Waals surface area contributed by atoms with Gasteiger partial charge in [-0.15, -0.1) is 0 Å². The minimum Gasteiger partial charge on any atom is -0.481 e. The van der Waals surface area contributed by atoms with Crippen molar-refractivity contribution in [2.75, 3.05) is 5.75 Å². The summed E-state index contributed by atoms with van der Waals surface area (Å²) in [6.45, 7) is 3.39. The van der Waals surface area contributed by atoms with Crippen LogP contribution < -0.4 is 27.4 Å². The Morgan fingerprint density at radius 1 is 0.938 bits per heavy atom. The number of primary amides is 1. The molecule has 0 radical (unpaired) electrons. The molecule has 5 atom stereocenters. The molecular formula is C18H31N5O8S. The lowest BCUT2D eigenvalue weighted by Gasteiger charge is -2.27. The molecule has 0 bridgehead atoms. The van der Waals surface area contributed by atoms with Crippen molar-refractivity contribution in [2.24, 2.45) is 17.4 Å². The van der Waals surface area contributed by atoms with Crippen molar-refractivity contribution in [1.29, 1.82) is 0 Å². The van der Waals surface area contributed by atoms with E-state index in [1.54, 1.807) is 13.8 Å². The molecule has 0 aromatic heterocycles. The van der Waals surface area contributed by atoms with E-state index in [1.807, 2.05) is 0 Å². The van der Waals surface area contributed by atoms with Crippen LogP contribution in [0.4, 0.5) is 0 Å². The van der Waals surface area contributed by atoms with Gasteiger partial charge in [0, 0.05) is 12.2 Å². The van der Waals surface area contributed by atoms with Crippen LogP contribution in [0, 0.1) is 5.92 Å². The summed E-state index contributed by atoms with van der Waals surface area (Å²) < 4.78 is 0. The Hall–Kier alpha value is -2.87. The average Bonchev–Trinajstić information content (AvgIpc) is 2.70. The van der Waals surface area contributed by atoms with E-state index >= 15 is 0 Å². The van der Waals surface area contributed by atoms with Gasteiger partial charge in [0.1, 0.15) is 18.1 Å². The van der Waals surface area contributed by atoms with Gasteiger partial charge in [0.15, 0.2) is 0 Å². The van der Waals surface area contributed by atoms with Crippen molar-refractivity contribution in [2.45, 2.75) is 63.7 Å². The van der Waals surface area contributed by atoms with Crippen molar-refractivity contribution in [3.63, 3.8) is 0 Å². The van der Waals surface area contributed by atoms with Crippen LogP contribution in [0.15, 0.2) is 0 Å². The molecule has 32 heavy (non-hydrogen) atoms. The standard InChI is InChI=1S/C18H31N5O8S/c1-3-8(2)14(17(29)21-10(18(30)31)4-5-13(25)26)23-16(28)11(7-32)22-15(27)9(19)6-12(20)24/h8-11,14,32H,3-7,19H2,1-2H3,(H2,20,24)(H,21,29)(H,22,27)(H,23,28)(H,25,26)(H,30,31). The van der Waals surface area contributed by atoms with E-state index in [1.165, 1.54) is 0 Å². The van der Waals surface area contributed by atoms with Gasteiger partial charge < -0.3 is 37.6 Å². The Bertz CT molecular complexity index is 719. The quantitative estimate of drug-likeness (QED) is 0.117. The number of nitrogens with two attached hydrogens (primary N) is 2. The number of carboxylic acids is 2. The Labute approximate surface area is 190 Å². The average molecular weight is 478 g/mol. The zero-order valence-corrected chi connectivity index (χ0v) is 18.8. The number of hydrogen-bond acceptors (Lipinski definition) is 8. The second-order valence-corrected chi connectivity index (χ2v) is 7.59. The van der Waals surface area contributed by atoms with Gasteiger partial charge in [-0.2, -0.15) is 12.6 Å². The number of aliphatic carboxylic acids is 2. The van der Waals surface area contributed by atoms with Gasteiger partial charge >= 0.3 is 11.9 Å². The summed E-state index contributed by atoms with van der Waals surface area (Å²) in [6.07, 6.45) is -0.814. The van der Waals surface area contributed by atoms with Crippen molar-refractivity contribution in [3.05, 3.63) is 0 Å². The molecule has 5 unspecified atom stereocenters. The molecule has 0 aliphatic rings. The normalized spacial score (nSPS) is 15.4. The van der Waals surface area contributed by atoms with E-state index in [4.69, 9.17) is 16.6 Å². The maximum absolute atomic E-state index is 12.7. The van der Waals surface area contributed by atoms with Crippen molar-refractivity contribution >= 4 is 48.2 Å². The third kappa shape index (κ3) is 10.4. The largest absolute Gasteiger partial charge is 0.481 e. The number of carbonyl (C=O) groups is 6. The van der Waals surface area contributed by atoms with Gasteiger partial charge in [-0.3, -0.25) is 24.0 Å². The lowest BCUT2D eigenvalue weighted by Crippen LogP contribution is -2.59. The second-order valence-electron chi connectivity index (χ2n) is 7.22. The summed E-state index contributed by atoms with van der Waals surface area (Å²) in [5.74, 6) is -6.45. The molecule has 9 N–H and O–H groups in total. The fourth-order valence-electron chi connectivity index (χ4n) is 2.52. The molecule has 182 valence electrons. The Balaban J connectivity index is 5.33. The van der Waals surface area contributed by atoms with Crippen LogP contribution >= 0.6 is 12.6 Å². The molecule has 0 rings (SSSR count). The monoisotopic (exact) mass is 477 g/mol. The minimum absolute atomic E-state index is 0.161. The van der Waals surface area contributed by atoms with Gasteiger partial charge in [-0.1, -0.05) is 20.3 Å². The van der Waals surface area contributed by atoms with Gasteiger partial charge in [0.05, 0.1) is 12.5 Å². The molecule has 0 spiro atoms. The van der Waals surface area contributed by atoms with Crippen molar-refractivity contribution in [1.82, 2.24) is 16.0 Å². The summed E-state index contributed by atoms with van der Waals surface area (Å²) in [4.78, 5) is 70.4. The first-order valence-corrected chi connectivity index (χ1v) is 10.5. The van der Waals surface area contributed by atoms with Gasteiger partial charge in [0.2, 0.25) is 23.6 Å². The summed E-state index contributed by atoms with van der Waals surface area (Å²) in [5, 5.41) is 25.0. The first-order chi connectivity index (χ1) is 14.8. The Kier molecular flexibility index (Phi) is 13.0. The van der Waals surface area contributed by atoms with Gasteiger partial charge in [-0.25, -0.2) is 4.79 Å². The van der Waals surface area contributed by atoms with Crippen LogP contribution in [0.2, 0.25) is 0 Å². The molecule has 0 fully saturated rings. The fourth-order valence-corrected chi connectivity index (χ4v) is 2.78. The molecule has 0 saturated carbocycles. The zero-order valence-electron chi connectivity index (χ0n) is 17.9. The maximum atomic E-state index is 12.7. The van der Waals surface area contributed by atoms with Crippen LogP contribution in [0.1, 0.15) is 39.5 Å². The zero-order chi connectivity index (χ0) is 25.0. The lowest BCUT2D eigenvalue weighted by molar-refractivity contribution is -0.143. The van der Waals surface area contributed by atoms with Crippen LogP contribution in [0.5, 0.6) is 0 Å². The van der Waals surface area contributed by atoms with Crippen LogP contribution in [-0.2, 0) is 28.8 Å². The first-order valence-electron chi connectivity index (χ1n) is 9.84. The number of carboxylic acid groups (broad SMARTS) is 2. The third-order valence-corrected chi connectivity index (χ3v) is 4.99. The minimum atomic E-state index is -1.46. The highest BCUT2D eigenvalue weighted by Gasteiger charge is 2.32. The number of amides is 4. The van der Waals surface area contributed by atoms with E-state index in [0.717, 1.165) is 0 Å². The number of nitrogens with one attached hydrogen (secondary N) is 3. The van der Waals surface area contributed by atoms with Crippen LogP contribution in [0.3, 0.4) is 0 Å². The summed E-state index contributed by atoms with van der Waals surface area (Å²) in [5.41, 5.74) is 10.5. The highest BCUT2D eigenvalue weighted by molar-refractivity contribution is 7.80. The number of rotatable bonds is 15. The predicted octanol–water partition coefficient (Wildman–Crippen LogP) is -2.43. The molecule has 0 saturated heterocycles. The number of thiol groups is 1. The summed E-state index contributed by atoms with van der Waals surface area (Å²) in [6, 6.07) is -5.11. The number of hydrogen-bond donors (Lipinski definition) is 8. The molecule has 0 aromatic carbocycles. The van der Waals surface area contributed by atoms with E-state index in [2.05, 4.69) is 28.6 Å². The van der Waals surface area contributed by atoms with E-state index in [-0.39, 0.29) is 12.2 Å². The third-order valence-electron chi connectivity index (χ3n) is 4.63. The highest BCUT2D eigenvalue weighted by atomic mass is 32.1. The lowest BCUT2D eigenvalue weighted by atomic mass is 9.97. The Morgan fingerprint density at radius 3 is 1.94 bits per heavy atom. The SMILES string of the molecule is CCC(C)C(NC(=O)C(CS)NC(=O)C(N)CC(N)=O)C(=O)NC(CCC(=O)O)C(=O)O. The predicted molar refractivity (Wildman–Crippen MR) is 115 cm³/mol. The second kappa shape index (κ2) is 14.2. The molecule has 0 aromatic rings. The Morgan fingerprint density at radius 2 is 1.50 bits per heavy atom. The van der Waals surface area contributed by atoms with E-state index < -0.39 is 78.5 Å². The molecule has 0 heterocycles. The van der Waals surface area contributed by atoms with Gasteiger partial charge in [0.25, 0.3) is 0 Å². The molecule has 0 aliphatic carbocycles. The molecule has 14 heteroatoms. The topological polar surface area (TPSA) is 231 Å². The first kappa shape index (κ1) is 29.1. The molecule has 4 amide bonds. The van der Waals surface area contributed by atoms with Crippen LogP contribution in [-0.4, -0.2) is 75.7 Å². The summed E-state index contributed by atoms with van der Waals surface area (Å²) in [7, 11) is 0. The van der Waals surface area contributed by atoms with Crippen LogP contribution in [0.25, 0.3) is 0 Å². The summed E-state index contributed by atoms with van der Waals surface area (Å²) >= 11 is 4.00.